The van der Waals surface area contributed by atoms with E-state index in [1.54, 1.807) is 0 Å². The summed E-state index contributed by atoms with van der Waals surface area (Å²) in [7, 11) is 0. The van der Waals surface area contributed by atoms with Crippen LogP contribution >= 0.6 is 23.2 Å². The quantitative estimate of drug-likeness (QED) is 0.600. The number of rotatable bonds is 3. The maximum Gasteiger partial charge on any atom is 0.265 e. The van der Waals surface area contributed by atoms with E-state index >= 15 is 0 Å². The SMILES string of the molecule is O=C(Cl)c1cncc(CCl)c1C(F)F. The van der Waals surface area contributed by atoms with Gasteiger partial charge >= 0.3 is 0 Å². The highest BCUT2D eigenvalue weighted by Crippen LogP contribution is 2.27. The second kappa shape index (κ2) is 4.66. The molecule has 0 bridgehead atoms. The molecule has 1 aromatic heterocycles. The average Bonchev–Trinajstić information content (AvgIpc) is 2.16. The van der Waals surface area contributed by atoms with E-state index in [9.17, 15) is 13.6 Å². The van der Waals surface area contributed by atoms with Gasteiger partial charge < -0.3 is 0 Å². The molecule has 0 aliphatic carbocycles. The van der Waals surface area contributed by atoms with Crippen molar-refractivity contribution >= 4 is 28.4 Å². The molecule has 0 unspecified atom stereocenters. The van der Waals surface area contributed by atoms with Crippen LogP contribution in [0.15, 0.2) is 12.4 Å². The molecule has 0 atom stereocenters. The molecule has 0 aliphatic heterocycles. The number of nitrogens with zero attached hydrogens (tertiary/aromatic N) is 1. The maximum absolute atomic E-state index is 12.5. The Morgan fingerprint density at radius 2 is 2.14 bits per heavy atom. The highest BCUT2D eigenvalue weighted by Gasteiger charge is 2.20. The molecule has 0 radical (unpaired) electrons. The van der Waals surface area contributed by atoms with Crippen LogP contribution in [0.4, 0.5) is 8.78 Å². The molecule has 0 N–H and O–H groups in total. The lowest BCUT2D eigenvalue weighted by Gasteiger charge is -2.08. The minimum atomic E-state index is -2.79. The van der Waals surface area contributed by atoms with Crippen molar-refractivity contribution in [1.29, 1.82) is 0 Å². The lowest BCUT2D eigenvalue weighted by atomic mass is 10.1. The number of carbonyl (C=O) groups excluding carboxylic acids is 1. The summed E-state index contributed by atoms with van der Waals surface area (Å²) in [5, 5.41) is -0.959. The zero-order chi connectivity index (χ0) is 10.7. The van der Waals surface area contributed by atoms with E-state index < -0.39 is 17.2 Å². The van der Waals surface area contributed by atoms with E-state index in [1.165, 1.54) is 6.20 Å². The van der Waals surface area contributed by atoms with Gasteiger partial charge in [0.1, 0.15) is 0 Å². The van der Waals surface area contributed by atoms with Crippen molar-refractivity contribution in [2.45, 2.75) is 12.3 Å². The highest BCUT2D eigenvalue weighted by molar-refractivity contribution is 6.67. The van der Waals surface area contributed by atoms with Gasteiger partial charge in [-0.2, -0.15) is 0 Å². The molecule has 1 aromatic rings. The normalized spacial score (nSPS) is 10.6. The Morgan fingerprint density at radius 3 is 2.57 bits per heavy atom. The molecule has 0 saturated carbocycles. The first-order chi connectivity index (χ1) is 6.57. The van der Waals surface area contributed by atoms with E-state index in [2.05, 4.69) is 4.98 Å². The number of hydrogen-bond donors (Lipinski definition) is 0. The van der Waals surface area contributed by atoms with Crippen molar-refractivity contribution < 1.29 is 13.6 Å². The Morgan fingerprint density at radius 1 is 1.50 bits per heavy atom. The van der Waals surface area contributed by atoms with Gasteiger partial charge in [0, 0.05) is 23.8 Å². The first kappa shape index (κ1) is 11.3. The van der Waals surface area contributed by atoms with E-state index in [-0.39, 0.29) is 17.0 Å². The van der Waals surface area contributed by atoms with Crippen LogP contribution in [-0.2, 0) is 5.88 Å². The third-order valence-corrected chi connectivity index (χ3v) is 2.14. The summed E-state index contributed by atoms with van der Waals surface area (Å²) in [6, 6.07) is 0. The van der Waals surface area contributed by atoms with E-state index in [0.29, 0.717) is 0 Å². The van der Waals surface area contributed by atoms with Gasteiger partial charge in [0.25, 0.3) is 11.7 Å². The number of halogens is 4. The van der Waals surface area contributed by atoms with Crippen LogP contribution in [0.3, 0.4) is 0 Å². The van der Waals surface area contributed by atoms with E-state index in [0.717, 1.165) is 6.20 Å². The summed E-state index contributed by atoms with van der Waals surface area (Å²) in [6.07, 6.45) is -0.588. The van der Waals surface area contributed by atoms with Crippen molar-refractivity contribution in [3.8, 4) is 0 Å². The van der Waals surface area contributed by atoms with Crippen LogP contribution in [0.2, 0.25) is 0 Å². The highest BCUT2D eigenvalue weighted by atomic mass is 35.5. The fraction of sp³-hybridized carbons (Fsp3) is 0.250. The minimum Gasteiger partial charge on any atom is -0.276 e. The number of alkyl halides is 3. The molecule has 0 aromatic carbocycles. The monoisotopic (exact) mass is 239 g/mol. The third-order valence-electron chi connectivity index (χ3n) is 1.64. The second-order valence-corrected chi connectivity index (χ2v) is 3.08. The van der Waals surface area contributed by atoms with Crippen LogP contribution in [0.1, 0.15) is 27.9 Å². The Balaban J connectivity index is 3.35. The number of hydrogen-bond acceptors (Lipinski definition) is 2. The van der Waals surface area contributed by atoms with E-state index in [1.807, 2.05) is 0 Å². The molecular formula is C8H5Cl2F2NO. The Kier molecular flexibility index (Phi) is 3.77. The maximum atomic E-state index is 12.5. The van der Waals surface area contributed by atoms with Gasteiger partial charge in [0.05, 0.1) is 5.56 Å². The van der Waals surface area contributed by atoms with Crippen LogP contribution < -0.4 is 0 Å². The van der Waals surface area contributed by atoms with Crippen LogP contribution in [0, 0.1) is 0 Å². The lowest BCUT2D eigenvalue weighted by Crippen LogP contribution is -2.03. The molecule has 0 saturated heterocycles. The summed E-state index contributed by atoms with van der Waals surface area (Å²) in [5.74, 6) is -0.134. The summed E-state index contributed by atoms with van der Waals surface area (Å²) in [4.78, 5) is 14.4. The van der Waals surface area contributed by atoms with Crippen molar-refractivity contribution in [3.05, 3.63) is 29.1 Å². The van der Waals surface area contributed by atoms with Crippen LogP contribution in [0.5, 0.6) is 0 Å². The molecule has 1 heterocycles. The number of carbonyl (C=O) groups is 1. The average molecular weight is 240 g/mol. The van der Waals surface area contributed by atoms with Crippen LogP contribution in [-0.4, -0.2) is 10.2 Å². The number of pyridine rings is 1. The van der Waals surface area contributed by atoms with Crippen LogP contribution in [0.25, 0.3) is 0 Å². The first-order valence-electron chi connectivity index (χ1n) is 3.58. The minimum absolute atomic E-state index is 0.119. The lowest BCUT2D eigenvalue weighted by molar-refractivity contribution is 0.106. The standard InChI is InChI=1S/C8H5Cl2F2NO/c9-1-4-2-13-3-5(7(10)14)6(4)8(11)12/h2-3,8H,1H2. The van der Waals surface area contributed by atoms with Gasteiger partial charge in [-0.3, -0.25) is 9.78 Å². The molecule has 0 spiro atoms. The van der Waals surface area contributed by atoms with Crippen molar-refractivity contribution in [3.63, 3.8) is 0 Å². The summed E-state index contributed by atoms with van der Waals surface area (Å²) in [6.45, 7) is 0. The van der Waals surface area contributed by atoms with Crippen molar-refractivity contribution in [2.24, 2.45) is 0 Å². The molecule has 0 amide bonds. The molecule has 0 fully saturated rings. The molecular weight excluding hydrogens is 235 g/mol. The van der Waals surface area contributed by atoms with Gasteiger partial charge in [-0.1, -0.05) is 0 Å². The summed E-state index contributed by atoms with van der Waals surface area (Å²) >= 11 is 10.6. The molecule has 0 aliphatic rings. The van der Waals surface area contributed by atoms with E-state index in [4.69, 9.17) is 23.2 Å². The van der Waals surface area contributed by atoms with Gasteiger partial charge in [0.2, 0.25) is 0 Å². The Bertz CT molecular complexity index is 357. The summed E-state index contributed by atoms with van der Waals surface area (Å²) in [5.41, 5.74) is -0.608. The fourth-order valence-electron chi connectivity index (χ4n) is 1.03. The zero-order valence-electron chi connectivity index (χ0n) is 6.81. The Labute approximate surface area is 88.8 Å². The molecule has 2 nitrogen and oxygen atoms in total. The first-order valence-corrected chi connectivity index (χ1v) is 4.50. The zero-order valence-corrected chi connectivity index (χ0v) is 8.32. The van der Waals surface area contributed by atoms with Gasteiger partial charge in [-0.25, -0.2) is 8.78 Å². The molecule has 1 rings (SSSR count). The number of aromatic nitrogens is 1. The van der Waals surface area contributed by atoms with Gasteiger partial charge in [-0.15, -0.1) is 11.6 Å². The Hall–Kier alpha value is -0.740. The molecule has 6 heteroatoms. The predicted molar refractivity (Wildman–Crippen MR) is 48.9 cm³/mol. The molecule has 76 valence electrons. The molecule has 14 heavy (non-hydrogen) atoms. The van der Waals surface area contributed by atoms with Crippen molar-refractivity contribution in [1.82, 2.24) is 4.98 Å². The smallest absolute Gasteiger partial charge is 0.265 e. The largest absolute Gasteiger partial charge is 0.276 e. The fourth-order valence-corrected chi connectivity index (χ4v) is 1.40. The van der Waals surface area contributed by atoms with Gasteiger partial charge in [0.15, 0.2) is 0 Å². The third kappa shape index (κ3) is 2.19. The van der Waals surface area contributed by atoms with Gasteiger partial charge in [-0.05, 0) is 17.2 Å². The topological polar surface area (TPSA) is 30.0 Å². The van der Waals surface area contributed by atoms with Crippen molar-refractivity contribution in [2.75, 3.05) is 0 Å². The summed E-state index contributed by atoms with van der Waals surface area (Å²) < 4.78 is 25.1. The second-order valence-electron chi connectivity index (χ2n) is 2.47. The predicted octanol–water partition coefficient (Wildman–Crippen LogP) is 3.14.